The van der Waals surface area contributed by atoms with Crippen molar-refractivity contribution in [1.29, 1.82) is 0 Å². The van der Waals surface area contributed by atoms with Crippen LogP contribution >= 0.6 is 23.2 Å². The van der Waals surface area contributed by atoms with E-state index in [1.807, 2.05) is 29.2 Å². The van der Waals surface area contributed by atoms with Gasteiger partial charge in [0, 0.05) is 46.5 Å². The van der Waals surface area contributed by atoms with E-state index in [4.69, 9.17) is 23.2 Å². The van der Waals surface area contributed by atoms with Crippen LogP contribution in [0.3, 0.4) is 0 Å². The third kappa shape index (κ3) is 4.04. The predicted octanol–water partition coefficient (Wildman–Crippen LogP) is 5.73. The molecule has 6 heteroatoms. The number of nitrogens with zero attached hydrogens (tertiary/aromatic N) is 2. The summed E-state index contributed by atoms with van der Waals surface area (Å²) in [6.45, 7) is 0.744. The van der Waals surface area contributed by atoms with Crippen LogP contribution in [0.5, 0.6) is 0 Å². The maximum atomic E-state index is 13.4. The van der Waals surface area contributed by atoms with Crippen molar-refractivity contribution in [3.63, 3.8) is 0 Å². The standard InChI is InChI=1S/C22H23Cl2FN2O/c23-20-11-16(15-2-1-8-26-13-15)12-21(24)19(20)10-14-7-9-27(22(14)28)18-5-3-17(25)4-6-18/h1-2,8,11-14,17-18H,3-7,9-10H2/t14?,17-,18-. The lowest BCUT2D eigenvalue weighted by Gasteiger charge is -2.32. The van der Waals surface area contributed by atoms with Crippen molar-refractivity contribution in [3.8, 4) is 11.1 Å². The monoisotopic (exact) mass is 420 g/mol. The second-order valence-corrected chi connectivity index (χ2v) is 8.60. The lowest BCUT2D eigenvalue weighted by molar-refractivity contribution is -0.133. The third-order valence-corrected chi connectivity index (χ3v) is 6.68. The molecule has 1 aromatic heterocycles. The number of hydrogen-bond acceptors (Lipinski definition) is 2. The average Bonchev–Trinajstić information content (AvgIpc) is 3.06. The van der Waals surface area contributed by atoms with Gasteiger partial charge in [-0.25, -0.2) is 4.39 Å². The summed E-state index contributed by atoms with van der Waals surface area (Å²) in [5.74, 6) is 0.0492. The molecule has 28 heavy (non-hydrogen) atoms. The number of rotatable bonds is 4. The number of pyridine rings is 1. The smallest absolute Gasteiger partial charge is 0.226 e. The molecule has 2 aliphatic rings. The van der Waals surface area contributed by atoms with Gasteiger partial charge in [0.25, 0.3) is 0 Å². The Labute approximate surface area is 174 Å². The summed E-state index contributed by atoms with van der Waals surface area (Å²) in [5.41, 5.74) is 2.68. The van der Waals surface area contributed by atoms with Crippen LogP contribution < -0.4 is 0 Å². The number of aromatic nitrogens is 1. The van der Waals surface area contributed by atoms with Crippen LogP contribution in [0, 0.1) is 5.92 Å². The lowest BCUT2D eigenvalue weighted by atomic mass is 9.92. The maximum Gasteiger partial charge on any atom is 0.226 e. The largest absolute Gasteiger partial charge is 0.339 e. The van der Waals surface area contributed by atoms with Crippen molar-refractivity contribution >= 4 is 29.1 Å². The molecule has 0 bridgehead atoms. The Morgan fingerprint density at radius 3 is 2.43 bits per heavy atom. The van der Waals surface area contributed by atoms with Gasteiger partial charge >= 0.3 is 0 Å². The Morgan fingerprint density at radius 2 is 1.79 bits per heavy atom. The Kier molecular flexibility index (Phi) is 5.88. The molecule has 3 nitrogen and oxygen atoms in total. The van der Waals surface area contributed by atoms with Crippen molar-refractivity contribution in [2.45, 2.75) is 50.7 Å². The fraction of sp³-hybridized carbons (Fsp3) is 0.455. The molecular formula is C22H23Cl2FN2O. The normalized spacial score (nSPS) is 25.3. The molecule has 1 aromatic carbocycles. The van der Waals surface area contributed by atoms with Gasteiger partial charge in [-0.3, -0.25) is 9.78 Å². The van der Waals surface area contributed by atoms with Crippen LogP contribution in [-0.4, -0.2) is 34.5 Å². The van der Waals surface area contributed by atoms with Crippen LogP contribution in [0.4, 0.5) is 4.39 Å². The minimum Gasteiger partial charge on any atom is -0.339 e. The van der Waals surface area contributed by atoms with E-state index in [1.54, 1.807) is 12.4 Å². The molecule has 2 aromatic rings. The summed E-state index contributed by atoms with van der Waals surface area (Å²) >= 11 is 13.1. The van der Waals surface area contributed by atoms with Gasteiger partial charge in [0.15, 0.2) is 0 Å². The van der Waals surface area contributed by atoms with Crippen molar-refractivity contribution in [3.05, 3.63) is 52.3 Å². The Morgan fingerprint density at radius 1 is 1.07 bits per heavy atom. The summed E-state index contributed by atoms with van der Waals surface area (Å²) in [4.78, 5) is 19.0. The minimum atomic E-state index is -0.708. The highest BCUT2D eigenvalue weighted by molar-refractivity contribution is 6.36. The molecule has 2 heterocycles. The number of alkyl halides is 1. The molecular weight excluding hydrogens is 398 g/mol. The second-order valence-electron chi connectivity index (χ2n) is 7.79. The van der Waals surface area contributed by atoms with Gasteiger partial charge in [0.2, 0.25) is 5.91 Å². The van der Waals surface area contributed by atoms with Gasteiger partial charge in [0.1, 0.15) is 6.17 Å². The summed E-state index contributed by atoms with van der Waals surface area (Å²) in [7, 11) is 0. The second kappa shape index (κ2) is 8.38. The zero-order valence-corrected chi connectivity index (χ0v) is 17.1. The first-order valence-electron chi connectivity index (χ1n) is 9.86. The first kappa shape index (κ1) is 19.7. The molecule has 1 saturated carbocycles. The number of benzene rings is 1. The molecule has 148 valence electrons. The van der Waals surface area contributed by atoms with E-state index in [-0.39, 0.29) is 17.9 Å². The van der Waals surface area contributed by atoms with Gasteiger partial charge in [-0.05, 0) is 67.9 Å². The number of carbonyl (C=O) groups excluding carboxylic acids is 1. The predicted molar refractivity (Wildman–Crippen MR) is 110 cm³/mol. The Bertz CT molecular complexity index is 830. The number of carbonyl (C=O) groups is 1. The summed E-state index contributed by atoms with van der Waals surface area (Å²) in [5, 5.41) is 1.16. The van der Waals surface area contributed by atoms with E-state index < -0.39 is 6.17 Å². The van der Waals surface area contributed by atoms with Crippen LogP contribution in [0.1, 0.15) is 37.7 Å². The van der Waals surface area contributed by atoms with E-state index in [0.717, 1.165) is 42.5 Å². The fourth-order valence-electron chi connectivity index (χ4n) is 4.41. The van der Waals surface area contributed by atoms with E-state index in [9.17, 15) is 9.18 Å². The number of likely N-dealkylation sites (tertiary alicyclic amines) is 1. The third-order valence-electron chi connectivity index (χ3n) is 6.00. The van der Waals surface area contributed by atoms with Crippen molar-refractivity contribution in [1.82, 2.24) is 9.88 Å². The SMILES string of the molecule is O=C1C(Cc2c(Cl)cc(-c3cccnc3)cc2Cl)CCN1[C@H]1CC[C@H](F)CC1. The molecule has 0 spiro atoms. The Balaban J connectivity index is 1.48. The minimum absolute atomic E-state index is 0.109. The Hall–Kier alpha value is -1.65. The van der Waals surface area contributed by atoms with E-state index in [1.165, 1.54) is 0 Å². The zero-order chi connectivity index (χ0) is 19.7. The molecule has 1 atom stereocenters. The molecule has 1 saturated heterocycles. The molecule has 0 N–H and O–H groups in total. The quantitative estimate of drug-likeness (QED) is 0.632. The molecule has 0 radical (unpaired) electrons. The van der Waals surface area contributed by atoms with Crippen molar-refractivity contribution in [2.24, 2.45) is 5.92 Å². The number of amides is 1. The van der Waals surface area contributed by atoms with E-state index >= 15 is 0 Å². The highest BCUT2D eigenvalue weighted by atomic mass is 35.5. The van der Waals surface area contributed by atoms with E-state index in [2.05, 4.69) is 4.98 Å². The van der Waals surface area contributed by atoms with E-state index in [0.29, 0.717) is 29.3 Å². The summed E-state index contributed by atoms with van der Waals surface area (Å²) < 4.78 is 13.4. The average molecular weight is 421 g/mol. The van der Waals surface area contributed by atoms with Gasteiger partial charge in [0.05, 0.1) is 0 Å². The maximum absolute atomic E-state index is 13.4. The summed E-state index contributed by atoms with van der Waals surface area (Å²) in [6, 6.07) is 7.79. The first-order valence-corrected chi connectivity index (χ1v) is 10.6. The van der Waals surface area contributed by atoms with Gasteiger partial charge in [-0.15, -0.1) is 0 Å². The zero-order valence-electron chi connectivity index (χ0n) is 15.6. The molecule has 2 fully saturated rings. The molecule has 1 amide bonds. The van der Waals surface area contributed by atoms with Crippen molar-refractivity contribution in [2.75, 3.05) is 6.54 Å². The topological polar surface area (TPSA) is 33.2 Å². The fourth-order valence-corrected chi connectivity index (χ4v) is 5.05. The summed E-state index contributed by atoms with van der Waals surface area (Å²) in [6.07, 6.45) is 6.77. The molecule has 1 aliphatic carbocycles. The highest BCUT2D eigenvalue weighted by Gasteiger charge is 2.37. The van der Waals surface area contributed by atoms with Gasteiger partial charge in [-0.1, -0.05) is 29.3 Å². The number of hydrogen-bond donors (Lipinski definition) is 0. The number of halogens is 3. The molecule has 1 unspecified atom stereocenters. The van der Waals surface area contributed by atoms with Crippen LogP contribution in [0.2, 0.25) is 10.0 Å². The van der Waals surface area contributed by atoms with Crippen molar-refractivity contribution < 1.29 is 9.18 Å². The highest BCUT2D eigenvalue weighted by Crippen LogP contribution is 2.36. The first-order chi connectivity index (χ1) is 13.5. The molecule has 1 aliphatic heterocycles. The van der Waals surface area contributed by atoms with Gasteiger partial charge in [-0.2, -0.15) is 0 Å². The molecule has 4 rings (SSSR count). The van der Waals surface area contributed by atoms with Crippen LogP contribution in [0.15, 0.2) is 36.7 Å². The van der Waals surface area contributed by atoms with Crippen LogP contribution in [-0.2, 0) is 11.2 Å². The van der Waals surface area contributed by atoms with Gasteiger partial charge < -0.3 is 4.90 Å². The van der Waals surface area contributed by atoms with Crippen LogP contribution in [0.25, 0.3) is 11.1 Å². The lowest BCUT2D eigenvalue weighted by Crippen LogP contribution is -2.40.